The van der Waals surface area contributed by atoms with Gasteiger partial charge in [-0.15, -0.1) is 0 Å². The molecule has 2 saturated heterocycles. The van der Waals surface area contributed by atoms with Crippen LogP contribution in [0.4, 0.5) is 0 Å². The normalized spacial score (nSPS) is 23.4. The Bertz CT molecular complexity index is 540. The summed E-state index contributed by atoms with van der Waals surface area (Å²) in [5, 5.41) is 3.57. The van der Waals surface area contributed by atoms with Crippen molar-refractivity contribution in [2.24, 2.45) is 5.92 Å². The maximum atomic E-state index is 12.4. The minimum atomic E-state index is 0.141. The molecule has 4 heteroatoms. The van der Waals surface area contributed by atoms with Crippen molar-refractivity contribution in [3.8, 4) is 0 Å². The molecule has 1 amide bonds. The molecule has 2 aliphatic rings. The molecule has 138 valence electrons. The molecule has 1 aromatic rings. The van der Waals surface area contributed by atoms with Crippen LogP contribution in [0.1, 0.15) is 44.6 Å². The van der Waals surface area contributed by atoms with Crippen LogP contribution in [0.3, 0.4) is 0 Å². The van der Waals surface area contributed by atoms with Gasteiger partial charge in [-0.3, -0.25) is 4.79 Å². The van der Waals surface area contributed by atoms with Crippen LogP contribution in [0, 0.1) is 5.92 Å². The zero-order chi connectivity index (χ0) is 17.5. The van der Waals surface area contributed by atoms with E-state index in [9.17, 15) is 4.79 Å². The molecule has 0 aromatic heterocycles. The molecule has 0 saturated carbocycles. The van der Waals surface area contributed by atoms with E-state index < -0.39 is 0 Å². The summed E-state index contributed by atoms with van der Waals surface area (Å²) < 4.78 is 5.59. The quantitative estimate of drug-likeness (QED) is 0.807. The molecule has 0 unspecified atom stereocenters. The lowest BCUT2D eigenvalue weighted by Gasteiger charge is -2.38. The maximum Gasteiger partial charge on any atom is 0.223 e. The second kappa shape index (κ2) is 8.81. The van der Waals surface area contributed by atoms with Crippen LogP contribution in [0.15, 0.2) is 30.3 Å². The summed E-state index contributed by atoms with van der Waals surface area (Å²) in [6, 6.07) is 10.8. The molecule has 4 nitrogen and oxygen atoms in total. The van der Waals surface area contributed by atoms with Gasteiger partial charge < -0.3 is 15.0 Å². The fourth-order valence-corrected chi connectivity index (χ4v) is 4.22. The van der Waals surface area contributed by atoms with Crippen molar-refractivity contribution in [3.63, 3.8) is 0 Å². The summed E-state index contributed by atoms with van der Waals surface area (Å²) in [5.41, 5.74) is 1.53. The summed E-state index contributed by atoms with van der Waals surface area (Å²) in [6.45, 7) is 7.44. The van der Waals surface area contributed by atoms with Crippen molar-refractivity contribution in [2.45, 2.75) is 44.4 Å². The van der Waals surface area contributed by atoms with Gasteiger partial charge in [-0.2, -0.15) is 0 Å². The van der Waals surface area contributed by atoms with Crippen LogP contribution < -0.4 is 5.32 Å². The first-order chi connectivity index (χ1) is 12.2. The van der Waals surface area contributed by atoms with Crippen molar-refractivity contribution in [1.82, 2.24) is 10.2 Å². The molecule has 0 aliphatic carbocycles. The van der Waals surface area contributed by atoms with Gasteiger partial charge in [0, 0.05) is 51.2 Å². The van der Waals surface area contributed by atoms with Crippen LogP contribution in [0.25, 0.3) is 0 Å². The van der Waals surface area contributed by atoms with E-state index in [1.165, 1.54) is 12.0 Å². The van der Waals surface area contributed by atoms with Crippen molar-refractivity contribution in [1.29, 1.82) is 0 Å². The standard InChI is InChI=1S/C21H32N2O2/c1-18-6-5-13-23(16-18)20(24)9-12-22-17-21(10-14-25-15-11-21)19-7-3-2-4-8-19/h2-4,7-8,18,22H,5-6,9-17H2,1H3/t18-/m0/s1. The summed E-state index contributed by atoms with van der Waals surface area (Å²) in [6.07, 6.45) is 5.10. The first-order valence-electron chi connectivity index (χ1n) is 9.81. The fraction of sp³-hybridized carbons (Fsp3) is 0.667. The maximum absolute atomic E-state index is 12.4. The zero-order valence-corrected chi connectivity index (χ0v) is 15.5. The van der Waals surface area contributed by atoms with Gasteiger partial charge in [0.15, 0.2) is 0 Å². The lowest BCUT2D eigenvalue weighted by Crippen LogP contribution is -2.44. The van der Waals surface area contributed by atoms with E-state index in [4.69, 9.17) is 4.74 Å². The molecule has 1 aromatic carbocycles. The van der Waals surface area contributed by atoms with Crippen molar-refractivity contribution < 1.29 is 9.53 Å². The molecule has 2 fully saturated rings. The topological polar surface area (TPSA) is 41.6 Å². The molecule has 1 N–H and O–H groups in total. The van der Waals surface area contributed by atoms with Crippen LogP contribution in [-0.4, -0.2) is 50.2 Å². The monoisotopic (exact) mass is 344 g/mol. The van der Waals surface area contributed by atoms with E-state index in [0.29, 0.717) is 18.2 Å². The molecule has 3 rings (SSSR count). The number of hydrogen-bond donors (Lipinski definition) is 1. The number of piperidine rings is 1. The average Bonchev–Trinajstić information content (AvgIpc) is 2.66. The van der Waals surface area contributed by atoms with E-state index in [2.05, 4.69) is 47.5 Å². The van der Waals surface area contributed by atoms with Gasteiger partial charge >= 0.3 is 0 Å². The highest BCUT2D eigenvalue weighted by molar-refractivity contribution is 5.76. The van der Waals surface area contributed by atoms with Crippen molar-refractivity contribution in [3.05, 3.63) is 35.9 Å². The van der Waals surface area contributed by atoms with Gasteiger partial charge in [-0.1, -0.05) is 37.3 Å². The Balaban J connectivity index is 1.49. The van der Waals surface area contributed by atoms with Gasteiger partial charge in [0.05, 0.1) is 0 Å². The Morgan fingerprint density at radius 3 is 2.76 bits per heavy atom. The molecule has 25 heavy (non-hydrogen) atoms. The highest BCUT2D eigenvalue weighted by Crippen LogP contribution is 2.34. The van der Waals surface area contributed by atoms with E-state index in [1.807, 2.05) is 0 Å². The number of carbonyl (C=O) groups is 1. The molecule has 0 spiro atoms. The summed E-state index contributed by atoms with van der Waals surface area (Å²) >= 11 is 0. The van der Waals surface area contributed by atoms with E-state index in [-0.39, 0.29) is 5.41 Å². The smallest absolute Gasteiger partial charge is 0.223 e. The molecule has 2 aliphatic heterocycles. The average molecular weight is 344 g/mol. The Morgan fingerprint density at radius 2 is 2.04 bits per heavy atom. The summed E-state index contributed by atoms with van der Waals surface area (Å²) in [7, 11) is 0. The minimum absolute atomic E-state index is 0.141. The number of amides is 1. The molecular weight excluding hydrogens is 312 g/mol. The van der Waals surface area contributed by atoms with Gasteiger partial charge in [0.2, 0.25) is 5.91 Å². The highest BCUT2D eigenvalue weighted by Gasteiger charge is 2.34. The van der Waals surface area contributed by atoms with Crippen LogP contribution >= 0.6 is 0 Å². The predicted molar refractivity (Wildman–Crippen MR) is 101 cm³/mol. The summed E-state index contributed by atoms with van der Waals surface area (Å²) in [5.74, 6) is 0.953. The number of carbonyl (C=O) groups excluding carboxylic acids is 1. The zero-order valence-electron chi connectivity index (χ0n) is 15.5. The number of benzene rings is 1. The second-order valence-corrected chi connectivity index (χ2v) is 7.77. The van der Waals surface area contributed by atoms with Gasteiger partial charge in [-0.05, 0) is 37.2 Å². The van der Waals surface area contributed by atoms with Crippen molar-refractivity contribution in [2.75, 3.05) is 39.4 Å². The van der Waals surface area contributed by atoms with Gasteiger partial charge in [0.1, 0.15) is 0 Å². The van der Waals surface area contributed by atoms with Gasteiger partial charge in [-0.25, -0.2) is 0 Å². The summed E-state index contributed by atoms with van der Waals surface area (Å²) in [4.78, 5) is 14.5. The minimum Gasteiger partial charge on any atom is -0.381 e. The molecule has 1 atom stereocenters. The van der Waals surface area contributed by atoms with Gasteiger partial charge in [0.25, 0.3) is 0 Å². The SMILES string of the molecule is C[C@H]1CCCN(C(=O)CCNCC2(c3ccccc3)CCOCC2)C1. The first-order valence-corrected chi connectivity index (χ1v) is 9.81. The lowest BCUT2D eigenvalue weighted by molar-refractivity contribution is -0.132. The molecular formula is C21H32N2O2. The molecule has 0 bridgehead atoms. The lowest BCUT2D eigenvalue weighted by atomic mass is 9.74. The largest absolute Gasteiger partial charge is 0.381 e. The molecule has 2 heterocycles. The fourth-order valence-electron chi connectivity index (χ4n) is 4.22. The van der Waals surface area contributed by atoms with Crippen LogP contribution in [0.5, 0.6) is 0 Å². The number of ether oxygens (including phenoxy) is 1. The first kappa shape index (κ1) is 18.4. The van der Waals surface area contributed by atoms with Crippen LogP contribution in [-0.2, 0) is 14.9 Å². The predicted octanol–water partition coefficient (Wildman–Crippen LogP) is 2.97. The Hall–Kier alpha value is -1.39. The Morgan fingerprint density at radius 1 is 1.28 bits per heavy atom. The Kier molecular flexibility index (Phi) is 6.49. The van der Waals surface area contributed by atoms with E-state index >= 15 is 0 Å². The number of rotatable bonds is 6. The van der Waals surface area contributed by atoms with E-state index in [1.54, 1.807) is 0 Å². The third kappa shape index (κ3) is 4.83. The third-order valence-electron chi connectivity index (χ3n) is 5.82. The number of hydrogen-bond acceptors (Lipinski definition) is 3. The number of nitrogens with one attached hydrogen (secondary N) is 1. The van der Waals surface area contributed by atoms with Crippen LogP contribution in [0.2, 0.25) is 0 Å². The van der Waals surface area contributed by atoms with Crippen molar-refractivity contribution >= 4 is 5.91 Å². The molecule has 0 radical (unpaired) electrons. The van der Waals surface area contributed by atoms with E-state index in [0.717, 1.165) is 58.7 Å². The number of nitrogens with zero attached hydrogens (tertiary/aromatic N) is 1. The highest BCUT2D eigenvalue weighted by atomic mass is 16.5. The Labute approximate surface area is 151 Å². The number of likely N-dealkylation sites (tertiary alicyclic amines) is 1. The third-order valence-corrected chi connectivity index (χ3v) is 5.82. The second-order valence-electron chi connectivity index (χ2n) is 7.77.